The Labute approximate surface area is 250 Å². The molecule has 2 heterocycles. The van der Waals surface area contributed by atoms with Crippen LogP contribution in [0, 0.1) is 22.7 Å². The molecule has 3 aromatic carbocycles. The van der Waals surface area contributed by atoms with E-state index in [0.29, 0.717) is 27.9 Å². The highest BCUT2D eigenvalue weighted by Crippen LogP contribution is 2.37. The van der Waals surface area contributed by atoms with Gasteiger partial charge in [-0.1, -0.05) is 36.4 Å². The van der Waals surface area contributed by atoms with Crippen molar-refractivity contribution in [3.8, 4) is 29.0 Å². The first-order valence-electron chi connectivity index (χ1n) is 13.4. The minimum absolute atomic E-state index is 0.0140. The molecule has 0 saturated carbocycles. The number of nitrogens with two attached hydrogens (primary N) is 1. The summed E-state index contributed by atoms with van der Waals surface area (Å²) in [5.74, 6) is -1.54. The lowest BCUT2D eigenvalue weighted by molar-refractivity contribution is -0.138. The summed E-state index contributed by atoms with van der Waals surface area (Å²) < 4.78 is 7.06. The van der Waals surface area contributed by atoms with Crippen molar-refractivity contribution in [1.82, 2.24) is 14.7 Å². The summed E-state index contributed by atoms with van der Waals surface area (Å²) in [6.45, 7) is -0.186. The third-order valence-electron chi connectivity index (χ3n) is 6.95. The number of carbonyl (C=O) groups is 3. The number of amides is 2. The first-order chi connectivity index (χ1) is 21.2. The van der Waals surface area contributed by atoms with E-state index in [-0.39, 0.29) is 52.7 Å². The maximum absolute atomic E-state index is 13.6. The van der Waals surface area contributed by atoms with E-state index < -0.39 is 17.9 Å². The topological polar surface area (TPSA) is 196 Å². The van der Waals surface area contributed by atoms with Crippen molar-refractivity contribution >= 4 is 40.3 Å². The molecule has 0 saturated heterocycles. The van der Waals surface area contributed by atoms with Gasteiger partial charge in [0.1, 0.15) is 40.9 Å². The van der Waals surface area contributed by atoms with Crippen LogP contribution in [-0.4, -0.2) is 52.0 Å². The monoisotopic (exact) mass is 587 g/mol. The normalized spacial score (nSPS) is 11.4. The van der Waals surface area contributed by atoms with E-state index in [1.807, 2.05) is 0 Å². The summed E-state index contributed by atoms with van der Waals surface area (Å²) in [5.41, 5.74) is 8.68. The molecule has 44 heavy (non-hydrogen) atoms. The average Bonchev–Trinajstić information content (AvgIpc) is 3.43. The van der Waals surface area contributed by atoms with E-state index in [1.165, 1.54) is 13.1 Å². The lowest BCUT2D eigenvalue weighted by atomic mass is 9.96. The Morgan fingerprint density at radius 3 is 2.43 bits per heavy atom. The number of carboxylic acids is 1. The van der Waals surface area contributed by atoms with E-state index >= 15 is 0 Å². The molecule has 0 fully saturated rings. The number of pyridine rings is 1. The number of nitriles is 2. The van der Waals surface area contributed by atoms with Gasteiger partial charge in [-0.25, -0.2) is 4.98 Å². The van der Waals surface area contributed by atoms with Crippen LogP contribution in [0.3, 0.4) is 0 Å². The molecule has 0 aliphatic heterocycles. The number of nitrogens with one attached hydrogen (secondary N) is 2. The summed E-state index contributed by atoms with van der Waals surface area (Å²) in [4.78, 5) is 41.1. The van der Waals surface area contributed by atoms with Crippen LogP contribution < -0.4 is 21.1 Å². The van der Waals surface area contributed by atoms with Gasteiger partial charge in [0.2, 0.25) is 0 Å². The maximum atomic E-state index is 13.6. The average molecular weight is 588 g/mol. The molecule has 2 amide bonds. The van der Waals surface area contributed by atoms with E-state index in [1.54, 1.807) is 71.1 Å². The fourth-order valence-electron chi connectivity index (χ4n) is 4.81. The van der Waals surface area contributed by atoms with Crippen molar-refractivity contribution in [2.75, 3.05) is 19.0 Å². The molecular weight excluding hydrogens is 562 g/mol. The van der Waals surface area contributed by atoms with Crippen LogP contribution in [0.25, 0.3) is 27.8 Å². The zero-order chi connectivity index (χ0) is 31.4. The van der Waals surface area contributed by atoms with E-state index in [4.69, 9.17) is 10.5 Å². The summed E-state index contributed by atoms with van der Waals surface area (Å²) >= 11 is 0. The number of para-hydroxylation sites is 2. The number of anilines is 1. The van der Waals surface area contributed by atoms with Crippen LogP contribution in [0.1, 0.15) is 27.0 Å². The number of likely N-dealkylation sites (N-methyl/N-ethyl adjacent to an activating group) is 1. The Bertz CT molecular complexity index is 2020. The van der Waals surface area contributed by atoms with Gasteiger partial charge in [-0.15, -0.1) is 0 Å². The highest BCUT2D eigenvalue weighted by Gasteiger charge is 2.26. The second-order valence-electron chi connectivity index (χ2n) is 9.75. The van der Waals surface area contributed by atoms with Crippen molar-refractivity contribution in [1.29, 1.82) is 10.5 Å². The van der Waals surface area contributed by atoms with Crippen LogP contribution in [0.5, 0.6) is 5.75 Å². The molecule has 0 spiro atoms. The number of carboxylic acid groups (broad SMARTS) is 1. The quantitative estimate of drug-likeness (QED) is 0.200. The first-order valence-corrected chi connectivity index (χ1v) is 13.4. The second kappa shape index (κ2) is 12.3. The van der Waals surface area contributed by atoms with Gasteiger partial charge >= 0.3 is 5.97 Å². The first kappa shape index (κ1) is 29.3. The van der Waals surface area contributed by atoms with Gasteiger partial charge in [0.25, 0.3) is 11.8 Å². The number of hydrogen-bond acceptors (Lipinski definition) is 8. The largest absolute Gasteiger partial charge is 0.484 e. The van der Waals surface area contributed by atoms with Gasteiger partial charge in [-0.3, -0.25) is 18.8 Å². The molecule has 0 aliphatic rings. The number of aliphatic carboxylic acids is 1. The van der Waals surface area contributed by atoms with Crippen molar-refractivity contribution < 1.29 is 24.2 Å². The van der Waals surface area contributed by atoms with Gasteiger partial charge in [0.15, 0.2) is 12.3 Å². The smallest absolute Gasteiger partial charge is 0.320 e. The molecule has 218 valence electrons. The fraction of sp³-hybridized carbons (Fsp3) is 0.125. The maximum Gasteiger partial charge on any atom is 0.320 e. The van der Waals surface area contributed by atoms with Crippen molar-refractivity contribution in [3.63, 3.8) is 0 Å². The molecule has 12 heteroatoms. The molecule has 2 aromatic heterocycles. The molecule has 5 aromatic rings. The molecule has 0 radical (unpaired) electrons. The predicted octanol–water partition coefficient (Wildman–Crippen LogP) is 3.23. The molecule has 1 atom stereocenters. The zero-order valence-corrected chi connectivity index (χ0v) is 23.4. The number of rotatable bonds is 9. The molecule has 0 bridgehead atoms. The van der Waals surface area contributed by atoms with E-state index in [2.05, 4.69) is 27.8 Å². The number of imidazole rings is 1. The summed E-state index contributed by atoms with van der Waals surface area (Å²) in [5, 5.41) is 35.3. The number of benzene rings is 3. The number of nitrogens with zero attached hydrogens (tertiary/aromatic N) is 4. The minimum Gasteiger partial charge on any atom is -0.484 e. The van der Waals surface area contributed by atoms with Gasteiger partial charge in [0.05, 0.1) is 11.0 Å². The van der Waals surface area contributed by atoms with Gasteiger partial charge in [0, 0.05) is 18.2 Å². The highest BCUT2D eigenvalue weighted by molar-refractivity contribution is 6.06. The zero-order valence-electron chi connectivity index (χ0n) is 23.4. The molecule has 12 nitrogen and oxygen atoms in total. The Hall–Kier alpha value is -6.24. The summed E-state index contributed by atoms with van der Waals surface area (Å²) in [6.07, 6.45) is 0.0140. The standard InChI is InChI=1S/C32H25N7O5/c1-36-27(40)17-44-21-11-9-19(10-12-21)28-22(15-33)29-37-25-7-2-3-8-26(25)39(29)30(23(28)16-34)38-31(41)20-6-4-5-18(13-20)14-24(35)32(42)43/h2-13,24H,14,17,35H2,1H3,(H,36,40)(H,38,41)(H,42,43). The molecule has 5 rings (SSSR count). The summed E-state index contributed by atoms with van der Waals surface area (Å²) in [7, 11) is 1.50. The van der Waals surface area contributed by atoms with E-state index in [0.717, 1.165) is 0 Å². The Balaban J connectivity index is 1.66. The van der Waals surface area contributed by atoms with E-state index in [9.17, 15) is 30.0 Å². The fourth-order valence-corrected chi connectivity index (χ4v) is 4.81. The van der Waals surface area contributed by atoms with Crippen LogP contribution >= 0.6 is 0 Å². The third kappa shape index (κ3) is 5.61. The minimum atomic E-state index is -1.16. The lowest BCUT2D eigenvalue weighted by Gasteiger charge is -2.17. The van der Waals surface area contributed by atoms with Gasteiger partial charge in [-0.05, 0) is 53.9 Å². The molecule has 1 unspecified atom stereocenters. The van der Waals surface area contributed by atoms with Gasteiger partial charge in [-0.2, -0.15) is 10.5 Å². The molecule has 0 aliphatic carbocycles. The summed E-state index contributed by atoms with van der Waals surface area (Å²) in [6, 6.07) is 23.2. The highest BCUT2D eigenvalue weighted by atomic mass is 16.5. The second-order valence-corrected chi connectivity index (χ2v) is 9.75. The van der Waals surface area contributed by atoms with Crippen molar-refractivity contribution in [2.45, 2.75) is 12.5 Å². The van der Waals surface area contributed by atoms with Crippen LogP contribution in [0.2, 0.25) is 0 Å². The SMILES string of the molecule is CNC(=O)COc1ccc(-c2c(C#N)c(NC(=O)c3cccc(CC(N)C(=O)O)c3)n3c(nc4ccccc43)c2C#N)cc1. The Morgan fingerprint density at radius 1 is 1.02 bits per heavy atom. The van der Waals surface area contributed by atoms with Crippen LogP contribution in [-0.2, 0) is 16.0 Å². The Morgan fingerprint density at radius 2 is 1.75 bits per heavy atom. The molecular formula is C32H25N7O5. The number of ether oxygens (including phenoxy) is 1. The van der Waals surface area contributed by atoms with Crippen LogP contribution in [0.4, 0.5) is 5.82 Å². The lowest BCUT2D eigenvalue weighted by Crippen LogP contribution is -2.32. The number of hydrogen-bond donors (Lipinski definition) is 4. The van der Waals surface area contributed by atoms with Crippen molar-refractivity contribution in [3.05, 3.63) is 95.1 Å². The molecule has 5 N–H and O–H groups in total. The van der Waals surface area contributed by atoms with Crippen molar-refractivity contribution in [2.24, 2.45) is 5.73 Å². The number of carbonyl (C=O) groups excluding carboxylic acids is 2. The van der Waals surface area contributed by atoms with Crippen LogP contribution in [0.15, 0.2) is 72.8 Å². The predicted molar refractivity (Wildman–Crippen MR) is 161 cm³/mol. The Kier molecular flexibility index (Phi) is 8.20. The number of aromatic nitrogens is 2. The third-order valence-corrected chi connectivity index (χ3v) is 6.95. The number of fused-ring (bicyclic) bond motifs is 3. The van der Waals surface area contributed by atoms with Gasteiger partial charge < -0.3 is 26.2 Å².